The van der Waals surface area contributed by atoms with E-state index >= 15 is 0 Å². The summed E-state index contributed by atoms with van der Waals surface area (Å²) in [5.41, 5.74) is 0.453. The highest BCUT2D eigenvalue weighted by molar-refractivity contribution is 6.32. The smallest absolute Gasteiger partial charge is 0.356 e. The molecule has 1 aromatic heterocycles. The third kappa shape index (κ3) is 4.46. The van der Waals surface area contributed by atoms with Crippen molar-refractivity contribution in [3.8, 4) is 5.75 Å². The lowest BCUT2D eigenvalue weighted by atomic mass is 10.2. The van der Waals surface area contributed by atoms with Crippen LogP contribution in [0.3, 0.4) is 0 Å². The average Bonchev–Trinajstić information content (AvgIpc) is 3.04. The number of rotatable bonds is 7. The van der Waals surface area contributed by atoms with E-state index in [1.807, 2.05) is 0 Å². The summed E-state index contributed by atoms with van der Waals surface area (Å²) in [6.45, 7) is 0.783. The summed E-state index contributed by atoms with van der Waals surface area (Å²) in [6.07, 6.45) is 0. The van der Waals surface area contributed by atoms with Gasteiger partial charge in [-0.15, -0.1) is 0 Å². The lowest BCUT2D eigenvalue weighted by Crippen LogP contribution is -2.12. The van der Waals surface area contributed by atoms with Crippen LogP contribution < -0.4 is 10.1 Å². The van der Waals surface area contributed by atoms with Gasteiger partial charge in [0, 0.05) is 18.7 Å². The van der Waals surface area contributed by atoms with Crippen LogP contribution in [0, 0.1) is 0 Å². The number of benzene rings is 1. The first kappa shape index (κ1) is 17.8. The molecule has 2 rings (SSSR count). The number of esters is 1. The fraction of sp³-hybridized carbons (Fsp3) is 0.267. The van der Waals surface area contributed by atoms with Crippen LogP contribution in [-0.2, 0) is 9.47 Å². The van der Waals surface area contributed by atoms with Gasteiger partial charge in [0.05, 0.1) is 18.7 Å². The van der Waals surface area contributed by atoms with Crippen molar-refractivity contribution >= 4 is 29.3 Å². The highest BCUT2D eigenvalue weighted by Crippen LogP contribution is 2.25. The first-order valence-corrected chi connectivity index (χ1v) is 7.29. The van der Waals surface area contributed by atoms with Gasteiger partial charge in [-0.2, -0.15) is 5.10 Å². The Labute approximate surface area is 143 Å². The molecule has 128 valence electrons. The van der Waals surface area contributed by atoms with Crippen molar-refractivity contribution in [3.63, 3.8) is 0 Å². The molecule has 0 atom stereocenters. The number of nitrogens with zero attached hydrogens (tertiary/aromatic N) is 1. The molecule has 8 nitrogen and oxygen atoms in total. The number of carbonyl (C=O) groups excluding carboxylic acids is 2. The summed E-state index contributed by atoms with van der Waals surface area (Å²) in [4.78, 5) is 23.5. The zero-order valence-corrected chi connectivity index (χ0v) is 13.8. The molecule has 24 heavy (non-hydrogen) atoms. The van der Waals surface area contributed by atoms with Crippen LogP contribution in [0.4, 0.5) is 5.82 Å². The molecule has 2 aromatic rings. The van der Waals surface area contributed by atoms with E-state index in [4.69, 9.17) is 21.1 Å². The molecule has 1 amide bonds. The van der Waals surface area contributed by atoms with Crippen LogP contribution in [-0.4, -0.2) is 49.5 Å². The number of methoxy groups -OCH3 is 2. The van der Waals surface area contributed by atoms with Crippen LogP contribution in [0.1, 0.15) is 20.8 Å². The number of hydrogen-bond acceptors (Lipinski definition) is 6. The summed E-state index contributed by atoms with van der Waals surface area (Å²) >= 11 is 6.09. The van der Waals surface area contributed by atoms with Gasteiger partial charge in [0.15, 0.2) is 5.82 Å². The second-order valence-electron chi connectivity index (χ2n) is 4.60. The molecule has 1 aromatic carbocycles. The number of nitrogens with one attached hydrogen (secondary N) is 2. The highest BCUT2D eigenvalue weighted by atomic mass is 35.5. The van der Waals surface area contributed by atoms with E-state index in [9.17, 15) is 9.59 Å². The molecule has 0 bridgehead atoms. The minimum atomic E-state index is -0.580. The van der Waals surface area contributed by atoms with Crippen molar-refractivity contribution in [2.75, 3.05) is 32.8 Å². The normalized spacial score (nSPS) is 10.3. The SMILES string of the molecule is COCCOc1ccc(C(=O)Nc2cc(C(=O)OC)[nH]n2)cc1Cl. The van der Waals surface area contributed by atoms with Crippen molar-refractivity contribution < 1.29 is 23.8 Å². The highest BCUT2D eigenvalue weighted by Gasteiger charge is 2.14. The maximum Gasteiger partial charge on any atom is 0.356 e. The van der Waals surface area contributed by atoms with Gasteiger partial charge in [-0.25, -0.2) is 4.79 Å². The summed E-state index contributed by atoms with van der Waals surface area (Å²) in [7, 11) is 2.82. The molecule has 9 heteroatoms. The fourth-order valence-electron chi connectivity index (χ4n) is 1.78. The van der Waals surface area contributed by atoms with E-state index < -0.39 is 11.9 Å². The molecular formula is C15H16ClN3O5. The molecule has 0 radical (unpaired) electrons. The van der Waals surface area contributed by atoms with Crippen LogP contribution in [0.5, 0.6) is 5.75 Å². The van der Waals surface area contributed by atoms with Gasteiger partial charge in [-0.05, 0) is 18.2 Å². The van der Waals surface area contributed by atoms with Crippen molar-refractivity contribution in [1.82, 2.24) is 10.2 Å². The molecule has 2 N–H and O–H groups in total. The number of amides is 1. The lowest BCUT2D eigenvalue weighted by molar-refractivity contribution is 0.0594. The molecule has 0 fully saturated rings. The summed E-state index contributed by atoms with van der Waals surface area (Å²) in [5, 5.41) is 9.13. The molecule has 0 aliphatic carbocycles. The average molecular weight is 354 g/mol. The van der Waals surface area contributed by atoms with Crippen LogP contribution in [0.25, 0.3) is 0 Å². The first-order valence-electron chi connectivity index (χ1n) is 6.91. The van der Waals surface area contributed by atoms with Crippen LogP contribution in [0.2, 0.25) is 5.02 Å². The predicted octanol–water partition coefficient (Wildman–Crippen LogP) is 2.13. The van der Waals surface area contributed by atoms with E-state index in [-0.39, 0.29) is 11.5 Å². The number of H-pyrrole nitrogens is 1. The van der Waals surface area contributed by atoms with E-state index in [1.54, 1.807) is 19.2 Å². The molecule has 0 saturated heterocycles. The first-order chi connectivity index (χ1) is 11.5. The Balaban J connectivity index is 2.03. The molecular weight excluding hydrogens is 338 g/mol. The van der Waals surface area contributed by atoms with Gasteiger partial charge in [-0.1, -0.05) is 11.6 Å². The van der Waals surface area contributed by atoms with E-state index in [2.05, 4.69) is 20.3 Å². The lowest BCUT2D eigenvalue weighted by Gasteiger charge is -2.09. The van der Waals surface area contributed by atoms with Crippen molar-refractivity contribution in [3.05, 3.63) is 40.5 Å². The zero-order valence-electron chi connectivity index (χ0n) is 13.1. The third-order valence-corrected chi connectivity index (χ3v) is 3.26. The third-order valence-electron chi connectivity index (χ3n) is 2.96. The Morgan fingerprint density at radius 1 is 1.25 bits per heavy atom. The number of aromatic amines is 1. The quantitative estimate of drug-likeness (QED) is 0.584. The largest absolute Gasteiger partial charge is 0.490 e. The second kappa shape index (κ2) is 8.32. The molecule has 1 heterocycles. The number of hydrogen-bond donors (Lipinski definition) is 2. The molecule has 0 saturated carbocycles. The maximum atomic E-state index is 12.2. The van der Waals surface area contributed by atoms with E-state index in [0.717, 1.165) is 0 Å². The predicted molar refractivity (Wildman–Crippen MR) is 86.7 cm³/mol. The van der Waals surface area contributed by atoms with Crippen molar-refractivity contribution in [2.24, 2.45) is 0 Å². The van der Waals surface area contributed by atoms with Gasteiger partial charge in [0.1, 0.15) is 18.1 Å². The van der Waals surface area contributed by atoms with Gasteiger partial charge >= 0.3 is 5.97 Å². The van der Waals surface area contributed by atoms with Crippen LogP contribution in [0.15, 0.2) is 24.3 Å². The van der Waals surface area contributed by atoms with Crippen LogP contribution >= 0.6 is 11.6 Å². The van der Waals surface area contributed by atoms with E-state index in [1.165, 1.54) is 19.2 Å². The standard InChI is InChI=1S/C15H16ClN3O5/c1-22-5-6-24-12-4-3-9(7-10(12)16)14(20)17-13-8-11(18-19-13)15(21)23-2/h3-4,7-8H,5-6H2,1-2H3,(H2,17,18,19,20). The number of aromatic nitrogens is 2. The monoisotopic (exact) mass is 353 g/mol. The number of ether oxygens (including phenoxy) is 3. The van der Waals surface area contributed by atoms with Gasteiger partial charge in [0.25, 0.3) is 5.91 Å². The number of halogens is 1. The minimum absolute atomic E-state index is 0.132. The summed E-state index contributed by atoms with van der Waals surface area (Å²) in [5.74, 6) is -0.359. The Morgan fingerprint density at radius 3 is 2.71 bits per heavy atom. The van der Waals surface area contributed by atoms with Crippen molar-refractivity contribution in [2.45, 2.75) is 0 Å². The van der Waals surface area contributed by atoms with Gasteiger partial charge in [-0.3, -0.25) is 9.89 Å². The molecule has 0 aliphatic heterocycles. The zero-order chi connectivity index (χ0) is 17.5. The number of carbonyl (C=O) groups is 2. The molecule has 0 spiro atoms. The van der Waals surface area contributed by atoms with Gasteiger partial charge < -0.3 is 19.5 Å². The van der Waals surface area contributed by atoms with Crippen molar-refractivity contribution in [1.29, 1.82) is 0 Å². The summed E-state index contributed by atoms with van der Waals surface area (Å²) < 4.78 is 14.8. The fourth-order valence-corrected chi connectivity index (χ4v) is 2.02. The number of anilines is 1. The van der Waals surface area contributed by atoms with Gasteiger partial charge in [0.2, 0.25) is 0 Å². The molecule has 0 unspecified atom stereocenters. The Morgan fingerprint density at radius 2 is 2.04 bits per heavy atom. The Kier molecular flexibility index (Phi) is 6.16. The maximum absolute atomic E-state index is 12.2. The minimum Gasteiger partial charge on any atom is -0.490 e. The van der Waals surface area contributed by atoms with E-state index in [0.29, 0.717) is 29.5 Å². The Bertz CT molecular complexity index is 732. The summed E-state index contributed by atoms with van der Waals surface area (Å²) in [6, 6.07) is 6.01. The second-order valence-corrected chi connectivity index (χ2v) is 5.01. The topological polar surface area (TPSA) is 103 Å². The Hall–Kier alpha value is -2.58. The molecule has 0 aliphatic rings.